The number of carbonyl (C=O) groups is 1. The first kappa shape index (κ1) is 16.7. The number of benzene rings is 1. The van der Waals surface area contributed by atoms with Crippen LogP contribution in [0, 0.1) is 17.0 Å². The molecule has 0 unspecified atom stereocenters. The molecule has 1 fully saturated rings. The minimum absolute atomic E-state index is 0.120. The number of nitrogens with zero attached hydrogens (tertiary/aromatic N) is 4. The van der Waals surface area contributed by atoms with Gasteiger partial charge in [-0.3, -0.25) is 0 Å². The predicted molar refractivity (Wildman–Crippen MR) is 94.9 cm³/mol. The van der Waals surface area contributed by atoms with Crippen LogP contribution in [0.25, 0.3) is 0 Å². The highest BCUT2D eigenvalue weighted by molar-refractivity contribution is 5.89. The van der Waals surface area contributed by atoms with Crippen LogP contribution in [0.15, 0.2) is 42.6 Å². The molecule has 0 aliphatic carbocycles. The Balaban J connectivity index is 1.55. The van der Waals surface area contributed by atoms with Gasteiger partial charge < -0.3 is 25.2 Å². The standard InChI is InChI=1S/C17H19N5O3/c1-13-2-4-14(5-3-13)19-17(23)21-10-8-20(9-11-21)15-6-7-16(18-12-15)22(24)25/h2-7,12H,8-11H2,1H3,(H,19,23). The van der Waals surface area contributed by atoms with E-state index in [0.29, 0.717) is 26.2 Å². The molecular weight excluding hydrogens is 322 g/mol. The van der Waals surface area contributed by atoms with E-state index in [1.54, 1.807) is 11.0 Å². The van der Waals surface area contributed by atoms with Crippen molar-refractivity contribution in [1.29, 1.82) is 0 Å². The predicted octanol–water partition coefficient (Wildman–Crippen LogP) is 2.65. The van der Waals surface area contributed by atoms with Gasteiger partial charge in [0.2, 0.25) is 0 Å². The number of hydrogen-bond acceptors (Lipinski definition) is 5. The number of aromatic nitrogens is 1. The van der Waals surface area contributed by atoms with Crippen molar-refractivity contribution < 1.29 is 9.72 Å². The summed E-state index contributed by atoms with van der Waals surface area (Å²) in [5.74, 6) is -0.167. The van der Waals surface area contributed by atoms with Crippen LogP contribution in [0.1, 0.15) is 5.56 Å². The third-order valence-electron chi connectivity index (χ3n) is 4.15. The largest absolute Gasteiger partial charge is 0.365 e. The summed E-state index contributed by atoms with van der Waals surface area (Å²) >= 11 is 0. The Morgan fingerprint density at radius 3 is 2.36 bits per heavy atom. The van der Waals surface area contributed by atoms with E-state index in [9.17, 15) is 14.9 Å². The van der Waals surface area contributed by atoms with Crippen molar-refractivity contribution in [3.63, 3.8) is 0 Å². The molecule has 3 rings (SSSR count). The van der Waals surface area contributed by atoms with Crippen molar-refractivity contribution in [2.75, 3.05) is 36.4 Å². The van der Waals surface area contributed by atoms with E-state index in [1.807, 2.05) is 31.2 Å². The lowest BCUT2D eigenvalue weighted by molar-refractivity contribution is -0.389. The maximum Gasteiger partial charge on any atom is 0.363 e. The van der Waals surface area contributed by atoms with E-state index in [2.05, 4.69) is 15.2 Å². The van der Waals surface area contributed by atoms with Gasteiger partial charge in [0.1, 0.15) is 0 Å². The number of carbonyl (C=O) groups excluding carboxylic acids is 1. The summed E-state index contributed by atoms with van der Waals surface area (Å²) in [6.07, 6.45) is 1.50. The maximum atomic E-state index is 12.3. The summed E-state index contributed by atoms with van der Waals surface area (Å²) in [4.78, 5) is 30.1. The molecule has 130 valence electrons. The van der Waals surface area contributed by atoms with Crippen LogP contribution in [0.5, 0.6) is 0 Å². The molecule has 1 aromatic heterocycles. The molecule has 0 spiro atoms. The molecule has 0 atom stereocenters. The van der Waals surface area contributed by atoms with E-state index in [0.717, 1.165) is 16.9 Å². The van der Waals surface area contributed by atoms with Gasteiger partial charge in [0.05, 0.1) is 5.69 Å². The monoisotopic (exact) mass is 341 g/mol. The van der Waals surface area contributed by atoms with Crippen molar-refractivity contribution in [2.45, 2.75) is 6.92 Å². The minimum Gasteiger partial charge on any atom is -0.365 e. The van der Waals surface area contributed by atoms with E-state index >= 15 is 0 Å². The lowest BCUT2D eigenvalue weighted by atomic mass is 10.2. The van der Waals surface area contributed by atoms with Gasteiger partial charge in [0, 0.05) is 37.9 Å². The van der Waals surface area contributed by atoms with Gasteiger partial charge in [-0.15, -0.1) is 0 Å². The zero-order chi connectivity index (χ0) is 17.8. The van der Waals surface area contributed by atoms with Crippen LogP contribution in [0.3, 0.4) is 0 Å². The van der Waals surface area contributed by atoms with Crippen molar-refractivity contribution in [3.05, 3.63) is 58.3 Å². The minimum atomic E-state index is -0.517. The molecule has 1 aliphatic heterocycles. The first-order chi connectivity index (χ1) is 12.0. The Kier molecular flexibility index (Phi) is 4.78. The summed E-state index contributed by atoms with van der Waals surface area (Å²) in [5, 5.41) is 13.5. The van der Waals surface area contributed by atoms with Gasteiger partial charge in [-0.1, -0.05) is 17.7 Å². The molecule has 0 bridgehead atoms. The molecule has 1 aromatic carbocycles. The molecule has 8 nitrogen and oxygen atoms in total. The average Bonchev–Trinajstić information content (AvgIpc) is 2.64. The van der Waals surface area contributed by atoms with Crippen LogP contribution in [0.4, 0.5) is 22.0 Å². The fourth-order valence-corrected chi connectivity index (χ4v) is 2.68. The normalized spacial score (nSPS) is 14.3. The number of aryl methyl sites for hydroxylation is 1. The average molecular weight is 341 g/mol. The SMILES string of the molecule is Cc1ccc(NC(=O)N2CCN(c3ccc([N+](=O)[O-])nc3)CC2)cc1. The smallest absolute Gasteiger partial charge is 0.363 e. The molecule has 2 amide bonds. The molecule has 1 aliphatic rings. The second-order valence-electron chi connectivity index (χ2n) is 5.90. The Hall–Kier alpha value is -3.16. The summed E-state index contributed by atoms with van der Waals surface area (Å²) in [6, 6.07) is 10.6. The molecule has 8 heteroatoms. The lowest BCUT2D eigenvalue weighted by Crippen LogP contribution is -2.50. The second-order valence-corrected chi connectivity index (χ2v) is 5.90. The molecule has 1 saturated heterocycles. The molecule has 0 radical (unpaired) electrons. The highest BCUT2D eigenvalue weighted by atomic mass is 16.6. The number of piperazine rings is 1. The number of nitro groups is 1. The third kappa shape index (κ3) is 4.03. The second kappa shape index (κ2) is 7.16. The number of anilines is 2. The van der Waals surface area contributed by atoms with Gasteiger partial charge >= 0.3 is 11.8 Å². The number of nitrogens with one attached hydrogen (secondary N) is 1. The zero-order valence-electron chi connectivity index (χ0n) is 13.9. The van der Waals surface area contributed by atoms with Gasteiger partial charge in [-0.2, -0.15) is 0 Å². The van der Waals surface area contributed by atoms with Crippen LogP contribution in [0.2, 0.25) is 0 Å². The summed E-state index contributed by atoms with van der Waals surface area (Å²) < 4.78 is 0. The van der Waals surface area contributed by atoms with E-state index in [1.165, 1.54) is 12.3 Å². The third-order valence-corrected chi connectivity index (χ3v) is 4.15. The Bertz CT molecular complexity index is 753. The van der Waals surface area contributed by atoms with Gasteiger partial charge in [-0.05, 0) is 35.0 Å². The Morgan fingerprint density at radius 1 is 1.12 bits per heavy atom. The Morgan fingerprint density at radius 2 is 1.80 bits per heavy atom. The number of amides is 2. The first-order valence-electron chi connectivity index (χ1n) is 8.01. The van der Waals surface area contributed by atoms with Crippen molar-refractivity contribution in [1.82, 2.24) is 9.88 Å². The zero-order valence-corrected chi connectivity index (χ0v) is 13.9. The van der Waals surface area contributed by atoms with Gasteiger partial charge in [0.25, 0.3) is 0 Å². The van der Waals surface area contributed by atoms with E-state index < -0.39 is 4.92 Å². The molecular formula is C17H19N5O3. The van der Waals surface area contributed by atoms with Crippen molar-refractivity contribution in [2.24, 2.45) is 0 Å². The van der Waals surface area contributed by atoms with Crippen LogP contribution < -0.4 is 10.2 Å². The molecule has 2 heterocycles. The topological polar surface area (TPSA) is 91.6 Å². The highest BCUT2D eigenvalue weighted by Crippen LogP contribution is 2.18. The molecule has 0 saturated carbocycles. The summed E-state index contributed by atoms with van der Waals surface area (Å²) in [6.45, 7) is 4.46. The Labute approximate surface area is 145 Å². The first-order valence-corrected chi connectivity index (χ1v) is 8.01. The van der Waals surface area contributed by atoms with Crippen molar-refractivity contribution in [3.8, 4) is 0 Å². The highest BCUT2D eigenvalue weighted by Gasteiger charge is 2.22. The quantitative estimate of drug-likeness (QED) is 0.684. The fourth-order valence-electron chi connectivity index (χ4n) is 2.68. The van der Waals surface area contributed by atoms with Crippen LogP contribution in [-0.4, -0.2) is 47.0 Å². The number of urea groups is 1. The van der Waals surface area contributed by atoms with Gasteiger partial charge in [-0.25, -0.2) is 4.79 Å². The summed E-state index contributed by atoms with van der Waals surface area (Å²) in [5.41, 5.74) is 2.74. The number of pyridine rings is 1. The van der Waals surface area contributed by atoms with Crippen LogP contribution >= 0.6 is 0 Å². The number of rotatable bonds is 3. The fraction of sp³-hybridized carbons (Fsp3) is 0.294. The maximum absolute atomic E-state index is 12.3. The lowest BCUT2D eigenvalue weighted by Gasteiger charge is -2.35. The molecule has 1 N–H and O–H groups in total. The summed E-state index contributed by atoms with van der Waals surface area (Å²) in [7, 11) is 0. The van der Waals surface area contributed by atoms with Gasteiger partial charge in [0.15, 0.2) is 6.20 Å². The van der Waals surface area contributed by atoms with E-state index in [-0.39, 0.29) is 11.8 Å². The van der Waals surface area contributed by atoms with Crippen molar-refractivity contribution >= 4 is 23.2 Å². The molecule has 25 heavy (non-hydrogen) atoms. The van der Waals surface area contributed by atoms with E-state index in [4.69, 9.17) is 0 Å². The van der Waals surface area contributed by atoms with Crippen LogP contribution in [-0.2, 0) is 0 Å². The number of hydrogen-bond donors (Lipinski definition) is 1. The molecule has 2 aromatic rings.